The van der Waals surface area contributed by atoms with Gasteiger partial charge in [0.1, 0.15) is 0 Å². The van der Waals surface area contributed by atoms with Crippen molar-refractivity contribution in [2.24, 2.45) is 0 Å². The number of pyridine rings is 1. The van der Waals surface area contributed by atoms with Gasteiger partial charge in [-0.15, -0.1) is 0 Å². The molecule has 8 rings (SSSR count). The average Bonchev–Trinajstić information content (AvgIpc) is 3.26. The van der Waals surface area contributed by atoms with E-state index in [-0.39, 0.29) is 5.78 Å². The van der Waals surface area contributed by atoms with Gasteiger partial charge in [0, 0.05) is 0 Å². The number of carbonyl (C=O) groups is 3. The van der Waals surface area contributed by atoms with Crippen LogP contribution in [0.2, 0.25) is 0 Å². The van der Waals surface area contributed by atoms with Crippen LogP contribution in [0.1, 0.15) is 65.6 Å². The SMILES string of the molecule is O=C1c2cc3ccccc3cc2C(O)C1c1ccc2c(n1)C(N1C(=O)c3cc4ccccc4cc3C1=O)=CC=[P+]=C2. The molecule has 194 valence electrons. The van der Waals surface area contributed by atoms with Crippen molar-refractivity contribution in [2.45, 2.75) is 12.0 Å². The van der Waals surface area contributed by atoms with Crippen LogP contribution >= 0.6 is 7.83 Å². The molecule has 3 aliphatic rings. The molecule has 6 nitrogen and oxygen atoms in total. The Kier molecular flexibility index (Phi) is 5.20. The summed E-state index contributed by atoms with van der Waals surface area (Å²) in [6.07, 6.45) is 0.669. The fourth-order valence-electron chi connectivity index (χ4n) is 6.11. The van der Waals surface area contributed by atoms with Crippen molar-refractivity contribution in [2.75, 3.05) is 0 Å². The van der Waals surface area contributed by atoms with Crippen molar-refractivity contribution in [1.82, 2.24) is 9.88 Å². The van der Waals surface area contributed by atoms with Crippen LogP contribution < -0.4 is 0 Å². The summed E-state index contributed by atoms with van der Waals surface area (Å²) in [6, 6.07) is 26.2. The van der Waals surface area contributed by atoms with Gasteiger partial charge in [-0.1, -0.05) is 0 Å². The van der Waals surface area contributed by atoms with Crippen LogP contribution in [0, 0.1) is 0 Å². The number of imide groups is 1. The molecule has 1 N–H and O–H groups in total. The van der Waals surface area contributed by atoms with E-state index in [9.17, 15) is 19.5 Å². The second-order valence-corrected chi connectivity index (χ2v) is 11.3. The number of ketones is 1. The van der Waals surface area contributed by atoms with Gasteiger partial charge in [-0.25, -0.2) is 0 Å². The summed E-state index contributed by atoms with van der Waals surface area (Å²) in [4.78, 5) is 47.1. The molecular formula is C34H20N2O4P+. The number of aliphatic hydroxyl groups is 1. The van der Waals surface area contributed by atoms with Crippen LogP contribution in [0.3, 0.4) is 0 Å². The van der Waals surface area contributed by atoms with E-state index in [4.69, 9.17) is 4.98 Å². The van der Waals surface area contributed by atoms with E-state index in [1.807, 2.05) is 78.3 Å². The molecule has 0 bridgehead atoms. The molecule has 1 aliphatic carbocycles. The van der Waals surface area contributed by atoms with Gasteiger partial charge >= 0.3 is 236 Å². The molecule has 1 aromatic heterocycles. The molecule has 0 saturated heterocycles. The third-order valence-corrected chi connectivity index (χ3v) is 8.88. The number of aliphatic hydroxyl groups excluding tert-OH is 1. The van der Waals surface area contributed by atoms with Crippen molar-refractivity contribution in [3.05, 3.63) is 130 Å². The Hall–Kier alpha value is -4.77. The topological polar surface area (TPSA) is 87.6 Å². The van der Waals surface area contributed by atoms with E-state index in [2.05, 4.69) is 0 Å². The molecular weight excluding hydrogens is 531 g/mol. The maximum absolute atomic E-state index is 13.7. The fourth-order valence-corrected chi connectivity index (χ4v) is 6.79. The van der Waals surface area contributed by atoms with Crippen molar-refractivity contribution in [3.63, 3.8) is 0 Å². The first-order valence-corrected chi connectivity index (χ1v) is 14.3. The first-order valence-electron chi connectivity index (χ1n) is 13.2. The minimum absolute atomic E-state index is 0.203. The third-order valence-electron chi connectivity index (χ3n) is 8.14. The number of carbonyl (C=O) groups excluding carboxylic acids is 3. The first kappa shape index (κ1) is 24.1. The quantitative estimate of drug-likeness (QED) is 0.216. The predicted molar refractivity (Wildman–Crippen MR) is 161 cm³/mol. The molecule has 0 fully saturated rings. The Morgan fingerprint density at radius 2 is 1.32 bits per heavy atom. The number of nitrogens with zero attached hydrogens (tertiary/aromatic N) is 2. The van der Waals surface area contributed by atoms with E-state index >= 15 is 0 Å². The van der Waals surface area contributed by atoms with Crippen LogP contribution in [0.5, 0.6) is 0 Å². The second-order valence-electron chi connectivity index (χ2n) is 10.4. The van der Waals surface area contributed by atoms with Crippen molar-refractivity contribution >= 4 is 64.3 Å². The van der Waals surface area contributed by atoms with Gasteiger partial charge < -0.3 is 0 Å². The first-order chi connectivity index (χ1) is 20.0. The number of rotatable bonds is 2. The Morgan fingerprint density at radius 1 is 0.732 bits per heavy atom. The molecule has 2 unspecified atom stereocenters. The molecule has 2 aliphatic heterocycles. The van der Waals surface area contributed by atoms with Crippen LogP contribution in [0.25, 0.3) is 27.2 Å². The summed E-state index contributed by atoms with van der Waals surface area (Å²) in [6.45, 7) is 0. The molecule has 5 aromatic rings. The number of Topliss-reactive ketones (excluding diaryl/α,β-unsaturated/α-hetero) is 1. The third kappa shape index (κ3) is 3.51. The van der Waals surface area contributed by atoms with E-state index in [0.717, 1.165) is 34.9 Å². The van der Waals surface area contributed by atoms with Gasteiger partial charge in [0.15, 0.2) is 0 Å². The van der Waals surface area contributed by atoms with Crippen LogP contribution in [0.15, 0.2) is 91.0 Å². The van der Waals surface area contributed by atoms with Gasteiger partial charge in [-0.3, -0.25) is 0 Å². The van der Waals surface area contributed by atoms with E-state index in [1.54, 1.807) is 24.3 Å². The average molecular weight is 552 g/mol. The molecule has 0 radical (unpaired) electrons. The summed E-state index contributed by atoms with van der Waals surface area (Å²) in [5.74, 6) is 1.87. The van der Waals surface area contributed by atoms with E-state index in [1.165, 1.54) is 4.90 Å². The zero-order chi connectivity index (χ0) is 27.8. The predicted octanol–water partition coefficient (Wildman–Crippen LogP) is 5.95. The van der Waals surface area contributed by atoms with Crippen LogP contribution in [-0.4, -0.2) is 44.2 Å². The summed E-state index contributed by atoms with van der Waals surface area (Å²) in [7, 11) is 0.863. The minimum atomic E-state index is -1.06. The number of hydrogen-bond donors (Lipinski definition) is 1. The van der Waals surface area contributed by atoms with Gasteiger partial charge in [-0.05, 0) is 0 Å². The number of amides is 2. The van der Waals surface area contributed by atoms with E-state index < -0.39 is 23.8 Å². The number of aromatic nitrogens is 1. The van der Waals surface area contributed by atoms with Crippen molar-refractivity contribution in [1.29, 1.82) is 0 Å². The number of allylic oxidation sites excluding steroid dienone is 1. The Labute approximate surface area is 235 Å². The standard InChI is InChI=1S/C34H20N2O4P/c37-31-23-13-18-5-1-2-6-19(18)14-24(23)32(38)29(31)27-10-9-22-17-41-12-11-28(30(22)35-27)36-33(39)25-15-20-7-3-4-8-21(20)16-26(25)34(36)40/h1-17,29,31,37H/q+1. The monoisotopic (exact) mass is 551 g/mol. The molecule has 3 heterocycles. The normalized spacial score (nSPS) is 19.2. The zero-order valence-electron chi connectivity index (χ0n) is 21.5. The van der Waals surface area contributed by atoms with E-state index in [0.29, 0.717) is 39.3 Å². The summed E-state index contributed by atoms with van der Waals surface area (Å²) >= 11 is 0. The molecule has 4 aromatic carbocycles. The summed E-state index contributed by atoms with van der Waals surface area (Å²) in [5.41, 5.74) is 3.66. The number of hydrogen-bond acceptors (Lipinski definition) is 5. The molecule has 0 spiro atoms. The zero-order valence-corrected chi connectivity index (χ0v) is 22.4. The molecule has 2 amide bonds. The van der Waals surface area contributed by atoms with Gasteiger partial charge in [0.05, 0.1) is 0 Å². The van der Waals surface area contributed by atoms with Crippen molar-refractivity contribution in [3.8, 4) is 0 Å². The maximum atomic E-state index is 13.7. The summed E-state index contributed by atoms with van der Waals surface area (Å²) < 4.78 is 0. The van der Waals surface area contributed by atoms with Crippen LogP contribution in [0.4, 0.5) is 0 Å². The second kappa shape index (κ2) is 8.87. The Balaban J connectivity index is 1.22. The van der Waals surface area contributed by atoms with Gasteiger partial charge in [0.25, 0.3) is 0 Å². The molecule has 41 heavy (non-hydrogen) atoms. The molecule has 7 heteroatoms. The molecule has 0 saturated carbocycles. The van der Waals surface area contributed by atoms with Gasteiger partial charge in [0.2, 0.25) is 0 Å². The van der Waals surface area contributed by atoms with Crippen LogP contribution in [-0.2, 0) is 0 Å². The number of benzene rings is 4. The fraction of sp³-hybridized carbons (Fsp3) is 0.0588. The summed E-state index contributed by atoms with van der Waals surface area (Å²) in [5, 5.41) is 15.0. The van der Waals surface area contributed by atoms with Crippen molar-refractivity contribution < 1.29 is 19.5 Å². The van der Waals surface area contributed by atoms with Gasteiger partial charge in [-0.2, -0.15) is 0 Å². The molecule has 2 atom stereocenters. The Bertz CT molecular complexity index is 2090. The number of fused-ring (bicyclic) bond motifs is 5. The Morgan fingerprint density at radius 3 is 1.95 bits per heavy atom.